The Labute approximate surface area is 72.0 Å². The number of hydrogen-bond acceptors (Lipinski definition) is 3. The van der Waals surface area contributed by atoms with Crippen molar-refractivity contribution in [2.24, 2.45) is 11.8 Å². The number of nitrogens with one attached hydrogen (secondary N) is 1. The summed E-state index contributed by atoms with van der Waals surface area (Å²) in [5, 5.41) is 0. The molecule has 3 nitrogen and oxygen atoms in total. The van der Waals surface area contributed by atoms with E-state index in [2.05, 4.69) is 10.4 Å². The van der Waals surface area contributed by atoms with Crippen LogP contribution in [0.25, 0.3) is 0 Å². The highest BCUT2D eigenvalue weighted by Gasteiger charge is 2.32. The second-order valence-electron chi connectivity index (χ2n) is 3.24. The molecule has 0 aromatic carbocycles. The first-order chi connectivity index (χ1) is 5.92. The minimum atomic E-state index is 0.256. The molecule has 0 spiro atoms. The molecular formula is C9H13N3. The van der Waals surface area contributed by atoms with Crippen molar-refractivity contribution in [2.45, 2.75) is 18.9 Å². The molecule has 0 radical (unpaired) electrons. The molecule has 64 valence electrons. The predicted molar refractivity (Wildman–Crippen MR) is 47.0 cm³/mol. The summed E-state index contributed by atoms with van der Waals surface area (Å²) in [6.07, 6.45) is 4.35. The molecule has 1 unspecified atom stereocenters. The average molecular weight is 163 g/mol. The summed E-state index contributed by atoms with van der Waals surface area (Å²) >= 11 is 0. The first-order valence-electron chi connectivity index (χ1n) is 4.29. The van der Waals surface area contributed by atoms with Gasteiger partial charge in [0.15, 0.2) is 0 Å². The van der Waals surface area contributed by atoms with Gasteiger partial charge >= 0.3 is 0 Å². The van der Waals surface area contributed by atoms with E-state index in [0.29, 0.717) is 5.92 Å². The third kappa shape index (κ3) is 1.47. The van der Waals surface area contributed by atoms with E-state index in [-0.39, 0.29) is 6.04 Å². The molecule has 1 saturated carbocycles. The third-order valence-electron chi connectivity index (χ3n) is 2.28. The molecule has 1 aliphatic rings. The van der Waals surface area contributed by atoms with E-state index in [1.807, 2.05) is 24.4 Å². The van der Waals surface area contributed by atoms with Gasteiger partial charge in [0.1, 0.15) is 0 Å². The second kappa shape index (κ2) is 3.21. The molecule has 3 heteroatoms. The molecular weight excluding hydrogens is 150 g/mol. The molecule has 0 saturated heterocycles. The summed E-state index contributed by atoms with van der Waals surface area (Å²) in [5.74, 6) is 6.15. The Morgan fingerprint density at radius 1 is 1.50 bits per heavy atom. The van der Waals surface area contributed by atoms with Crippen molar-refractivity contribution in [1.82, 2.24) is 10.4 Å². The summed E-state index contributed by atoms with van der Waals surface area (Å²) in [7, 11) is 0. The highest BCUT2D eigenvalue weighted by molar-refractivity contribution is 5.11. The zero-order valence-corrected chi connectivity index (χ0v) is 6.90. The summed E-state index contributed by atoms with van der Waals surface area (Å²) < 4.78 is 0. The number of nitrogens with zero attached hydrogens (tertiary/aromatic N) is 1. The minimum Gasteiger partial charge on any atom is -0.271 e. The van der Waals surface area contributed by atoms with Crippen molar-refractivity contribution in [1.29, 1.82) is 0 Å². The standard InChI is InChI=1S/C9H13N3/c10-12-9(7-4-5-7)8-3-1-2-6-11-8/h1-3,6-7,9,12H,4-5,10H2. The number of hydrazine groups is 1. The van der Waals surface area contributed by atoms with Gasteiger partial charge in [-0.25, -0.2) is 0 Å². The molecule has 0 aliphatic heterocycles. The fraction of sp³-hybridized carbons (Fsp3) is 0.444. The van der Waals surface area contributed by atoms with Gasteiger partial charge in [-0.1, -0.05) is 6.07 Å². The van der Waals surface area contributed by atoms with Crippen LogP contribution in [-0.2, 0) is 0 Å². The van der Waals surface area contributed by atoms with Gasteiger partial charge in [-0.05, 0) is 30.9 Å². The van der Waals surface area contributed by atoms with E-state index in [1.165, 1.54) is 12.8 Å². The van der Waals surface area contributed by atoms with Gasteiger partial charge in [0.25, 0.3) is 0 Å². The first-order valence-corrected chi connectivity index (χ1v) is 4.29. The van der Waals surface area contributed by atoms with Crippen LogP contribution in [0.4, 0.5) is 0 Å². The van der Waals surface area contributed by atoms with Crippen LogP contribution in [0, 0.1) is 5.92 Å². The van der Waals surface area contributed by atoms with Crippen molar-refractivity contribution in [3.63, 3.8) is 0 Å². The number of nitrogens with two attached hydrogens (primary N) is 1. The summed E-state index contributed by atoms with van der Waals surface area (Å²) in [4.78, 5) is 4.27. The van der Waals surface area contributed by atoms with Crippen molar-refractivity contribution < 1.29 is 0 Å². The minimum absolute atomic E-state index is 0.256. The van der Waals surface area contributed by atoms with Crippen molar-refractivity contribution in [3.05, 3.63) is 30.1 Å². The van der Waals surface area contributed by atoms with E-state index < -0.39 is 0 Å². The fourth-order valence-corrected chi connectivity index (χ4v) is 1.45. The van der Waals surface area contributed by atoms with Crippen LogP contribution in [0.3, 0.4) is 0 Å². The van der Waals surface area contributed by atoms with Gasteiger partial charge in [0.05, 0.1) is 11.7 Å². The van der Waals surface area contributed by atoms with Gasteiger partial charge in [0.2, 0.25) is 0 Å². The fourth-order valence-electron chi connectivity index (χ4n) is 1.45. The predicted octanol–water partition coefficient (Wildman–Crippen LogP) is 0.996. The topological polar surface area (TPSA) is 50.9 Å². The summed E-state index contributed by atoms with van der Waals surface area (Å²) in [5.41, 5.74) is 3.88. The molecule has 1 atom stereocenters. The van der Waals surface area contributed by atoms with Crippen LogP contribution in [0.5, 0.6) is 0 Å². The number of pyridine rings is 1. The van der Waals surface area contributed by atoms with Gasteiger partial charge in [0, 0.05) is 6.20 Å². The number of rotatable bonds is 3. The van der Waals surface area contributed by atoms with Gasteiger partial charge < -0.3 is 0 Å². The Bertz CT molecular complexity index is 243. The van der Waals surface area contributed by atoms with Crippen LogP contribution in [0.1, 0.15) is 24.6 Å². The van der Waals surface area contributed by atoms with E-state index in [0.717, 1.165) is 5.69 Å². The Morgan fingerprint density at radius 3 is 2.83 bits per heavy atom. The molecule has 2 rings (SSSR count). The lowest BCUT2D eigenvalue weighted by molar-refractivity contribution is 0.485. The molecule has 1 aromatic rings. The van der Waals surface area contributed by atoms with Crippen LogP contribution < -0.4 is 11.3 Å². The second-order valence-corrected chi connectivity index (χ2v) is 3.24. The Kier molecular flexibility index (Phi) is 2.06. The van der Waals surface area contributed by atoms with Crippen LogP contribution in [0.15, 0.2) is 24.4 Å². The highest BCUT2D eigenvalue weighted by atomic mass is 15.2. The quantitative estimate of drug-likeness (QED) is 0.516. The van der Waals surface area contributed by atoms with Gasteiger partial charge in [-0.2, -0.15) is 0 Å². The maximum atomic E-state index is 5.46. The SMILES string of the molecule is NNC(c1ccccn1)C1CC1. The van der Waals surface area contributed by atoms with E-state index in [9.17, 15) is 0 Å². The summed E-state index contributed by atoms with van der Waals surface area (Å²) in [6.45, 7) is 0. The van der Waals surface area contributed by atoms with Gasteiger partial charge in [-0.3, -0.25) is 16.3 Å². The van der Waals surface area contributed by atoms with Gasteiger partial charge in [-0.15, -0.1) is 0 Å². The molecule has 1 heterocycles. The van der Waals surface area contributed by atoms with Crippen LogP contribution in [0.2, 0.25) is 0 Å². The number of aromatic nitrogens is 1. The highest BCUT2D eigenvalue weighted by Crippen LogP contribution is 2.39. The van der Waals surface area contributed by atoms with Crippen molar-refractivity contribution >= 4 is 0 Å². The van der Waals surface area contributed by atoms with E-state index >= 15 is 0 Å². The molecule has 1 aliphatic carbocycles. The monoisotopic (exact) mass is 163 g/mol. The lowest BCUT2D eigenvalue weighted by Gasteiger charge is -2.13. The lowest BCUT2D eigenvalue weighted by atomic mass is 10.1. The average Bonchev–Trinajstić information content (AvgIpc) is 2.92. The van der Waals surface area contributed by atoms with Crippen molar-refractivity contribution in [2.75, 3.05) is 0 Å². The zero-order valence-electron chi connectivity index (χ0n) is 6.90. The molecule has 0 amide bonds. The van der Waals surface area contributed by atoms with Crippen molar-refractivity contribution in [3.8, 4) is 0 Å². The van der Waals surface area contributed by atoms with Crippen LogP contribution >= 0.6 is 0 Å². The lowest BCUT2D eigenvalue weighted by Crippen LogP contribution is -2.29. The zero-order chi connectivity index (χ0) is 8.39. The molecule has 12 heavy (non-hydrogen) atoms. The summed E-state index contributed by atoms with van der Waals surface area (Å²) in [6, 6.07) is 6.19. The maximum absolute atomic E-state index is 5.46. The maximum Gasteiger partial charge on any atom is 0.0660 e. The van der Waals surface area contributed by atoms with E-state index in [4.69, 9.17) is 5.84 Å². The third-order valence-corrected chi connectivity index (χ3v) is 2.28. The Morgan fingerprint density at radius 2 is 2.33 bits per heavy atom. The first kappa shape index (κ1) is 7.71. The molecule has 0 bridgehead atoms. The molecule has 1 fully saturated rings. The smallest absolute Gasteiger partial charge is 0.0660 e. The largest absolute Gasteiger partial charge is 0.271 e. The molecule has 1 aromatic heterocycles. The number of hydrogen-bond donors (Lipinski definition) is 2. The normalized spacial score (nSPS) is 19.1. The Balaban J connectivity index is 2.15. The molecule has 3 N–H and O–H groups in total. The van der Waals surface area contributed by atoms with Crippen LogP contribution in [-0.4, -0.2) is 4.98 Å². The Hall–Kier alpha value is -0.930. The van der Waals surface area contributed by atoms with E-state index in [1.54, 1.807) is 0 Å².